The normalized spacial score (nSPS) is 22.1. The molecule has 1 heterocycles. The maximum absolute atomic E-state index is 12.1. The minimum Gasteiger partial charge on any atom is -0.454 e. The summed E-state index contributed by atoms with van der Waals surface area (Å²) in [5.74, 6) is -2.12. The molecular formula is C11H19F3N2O2. The first-order valence-corrected chi connectivity index (χ1v) is 6.05. The highest BCUT2D eigenvalue weighted by molar-refractivity contribution is 5.75. The number of esters is 1. The first-order chi connectivity index (χ1) is 8.32. The van der Waals surface area contributed by atoms with Crippen LogP contribution in [0.15, 0.2) is 0 Å². The van der Waals surface area contributed by atoms with Crippen LogP contribution in [-0.4, -0.2) is 55.4 Å². The first kappa shape index (κ1) is 15.2. The van der Waals surface area contributed by atoms with Gasteiger partial charge in [0.25, 0.3) is 0 Å². The fourth-order valence-electron chi connectivity index (χ4n) is 1.90. The fraction of sp³-hybridized carbons (Fsp3) is 0.909. The Morgan fingerprint density at radius 1 is 1.28 bits per heavy atom. The second kappa shape index (κ2) is 6.38. The van der Waals surface area contributed by atoms with Gasteiger partial charge in [0.1, 0.15) is 6.10 Å². The van der Waals surface area contributed by atoms with Crippen LogP contribution < -0.4 is 5.32 Å². The van der Waals surface area contributed by atoms with E-state index in [1.54, 1.807) is 6.92 Å². The molecule has 7 heteroatoms. The third kappa shape index (κ3) is 4.45. The van der Waals surface area contributed by atoms with Crippen LogP contribution in [0.2, 0.25) is 0 Å². The van der Waals surface area contributed by atoms with Gasteiger partial charge in [-0.2, -0.15) is 13.2 Å². The summed E-state index contributed by atoms with van der Waals surface area (Å²) in [7, 11) is 0. The zero-order chi connectivity index (χ0) is 13.8. The molecule has 0 spiro atoms. The zero-order valence-corrected chi connectivity index (χ0v) is 10.6. The Morgan fingerprint density at radius 2 is 1.94 bits per heavy atom. The molecule has 0 aromatic rings. The lowest BCUT2D eigenvalue weighted by Gasteiger charge is -2.31. The van der Waals surface area contributed by atoms with Gasteiger partial charge in [0.15, 0.2) is 0 Å². The highest BCUT2D eigenvalue weighted by Gasteiger charge is 2.42. The number of nitrogens with one attached hydrogen (secondary N) is 1. The molecule has 1 aliphatic rings. The van der Waals surface area contributed by atoms with Crippen LogP contribution >= 0.6 is 0 Å². The molecule has 0 aromatic heterocycles. The average Bonchev–Trinajstić information content (AvgIpc) is 2.55. The number of nitrogens with zero attached hydrogens (tertiary/aromatic N) is 1. The van der Waals surface area contributed by atoms with Gasteiger partial charge in [-0.05, 0) is 33.4 Å². The Kier molecular flexibility index (Phi) is 5.40. The van der Waals surface area contributed by atoms with Crippen molar-refractivity contribution in [2.45, 2.75) is 38.6 Å². The Bertz CT molecular complexity index is 276. The Morgan fingerprint density at radius 3 is 2.56 bits per heavy atom. The molecule has 1 rings (SSSR count). The molecule has 18 heavy (non-hydrogen) atoms. The summed E-state index contributed by atoms with van der Waals surface area (Å²) >= 11 is 0. The molecule has 106 valence electrons. The number of alkyl halides is 3. The van der Waals surface area contributed by atoms with Crippen LogP contribution in [0.1, 0.15) is 20.3 Å². The molecule has 2 atom stereocenters. The highest BCUT2D eigenvalue weighted by atomic mass is 19.4. The van der Waals surface area contributed by atoms with E-state index in [9.17, 15) is 18.0 Å². The van der Waals surface area contributed by atoms with Gasteiger partial charge in [0.05, 0.1) is 0 Å². The van der Waals surface area contributed by atoms with E-state index in [2.05, 4.69) is 10.1 Å². The summed E-state index contributed by atoms with van der Waals surface area (Å²) in [6.45, 7) is 6.51. The van der Waals surface area contributed by atoms with Crippen molar-refractivity contribution in [3.63, 3.8) is 0 Å². The van der Waals surface area contributed by atoms with Gasteiger partial charge in [0, 0.05) is 19.1 Å². The Balaban J connectivity index is 2.49. The van der Waals surface area contributed by atoms with Gasteiger partial charge in [-0.3, -0.25) is 4.90 Å². The van der Waals surface area contributed by atoms with E-state index >= 15 is 0 Å². The number of carbonyl (C=O) groups excluding carboxylic acids is 1. The van der Waals surface area contributed by atoms with Crippen LogP contribution in [0.5, 0.6) is 0 Å². The zero-order valence-electron chi connectivity index (χ0n) is 10.6. The van der Waals surface area contributed by atoms with E-state index in [1.807, 2.05) is 4.90 Å². The minimum absolute atomic E-state index is 0.226. The van der Waals surface area contributed by atoms with Crippen LogP contribution in [0.25, 0.3) is 0 Å². The van der Waals surface area contributed by atoms with Gasteiger partial charge in [-0.1, -0.05) is 0 Å². The predicted octanol–water partition coefficient (Wildman–Crippen LogP) is 1.16. The van der Waals surface area contributed by atoms with Crippen molar-refractivity contribution in [3.05, 3.63) is 0 Å². The van der Waals surface area contributed by atoms with Gasteiger partial charge in [0.2, 0.25) is 0 Å². The van der Waals surface area contributed by atoms with E-state index in [1.165, 1.54) is 6.92 Å². The third-order valence-electron chi connectivity index (χ3n) is 3.15. The van der Waals surface area contributed by atoms with E-state index in [4.69, 9.17) is 0 Å². The molecule has 0 aromatic carbocycles. The summed E-state index contributed by atoms with van der Waals surface area (Å²) in [6, 6.07) is -0.226. The SMILES string of the molecule is CC(OC(=O)C(F)(F)F)C(C)N1CCCNCC1. The van der Waals surface area contributed by atoms with Crippen molar-refractivity contribution in [2.24, 2.45) is 0 Å². The van der Waals surface area contributed by atoms with Crippen LogP contribution in [0.4, 0.5) is 13.2 Å². The van der Waals surface area contributed by atoms with Gasteiger partial charge >= 0.3 is 12.1 Å². The molecule has 2 unspecified atom stereocenters. The van der Waals surface area contributed by atoms with E-state index in [-0.39, 0.29) is 6.04 Å². The first-order valence-electron chi connectivity index (χ1n) is 6.05. The lowest BCUT2D eigenvalue weighted by Crippen LogP contribution is -2.45. The maximum atomic E-state index is 12.1. The van der Waals surface area contributed by atoms with Crippen LogP contribution in [0.3, 0.4) is 0 Å². The minimum atomic E-state index is -4.92. The number of hydrogen-bond acceptors (Lipinski definition) is 4. The number of rotatable bonds is 3. The quantitative estimate of drug-likeness (QED) is 0.780. The van der Waals surface area contributed by atoms with Crippen LogP contribution in [0, 0.1) is 0 Å². The monoisotopic (exact) mass is 268 g/mol. The van der Waals surface area contributed by atoms with E-state index < -0.39 is 18.2 Å². The average molecular weight is 268 g/mol. The molecule has 0 amide bonds. The molecule has 0 aliphatic carbocycles. The second-order valence-electron chi connectivity index (χ2n) is 4.49. The highest BCUT2D eigenvalue weighted by Crippen LogP contribution is 2.19. The summed E-state index contributed by atoms with van der Waals surface area (Å²) in [4.78, 5) is 12.8. The number of carbonyl (C=O) groups is 1. The van der Waals surface area contributed by atoms with Gasteiger partial charge in [-0.25, -0.2) is 4.79 Å². The van der Waals surface area contributed by atoms with Crippen LogP contribution in [-0.2, 0) is 9.53 Å². The summed E-state index contributed by atoms with van der Waals surface area (Å²) in [5.41, 5.74) is 0. The third-order valence-corrected chi connectivity index (χ3v) is 3.15. The molecular weight excluding hydrogens is 249 g/mol. The molecule has 0 bridgehead atoms. The van der Waals surface area contributed by atoms with Gasteiger partial charge < -0.3 is 10.1 Å². The summed E-state index contributed by atoms with van der Waals surface area (Å²) < 4.78 is 40.7. The molecule has 1 fully saturated rings. The molecule has 0 saturated carbocycles. The van der Waals surface area contributed by atoms with Crippen molar-refractivity contribution >= 4 is 5.97 Å². The van der Waals surface area contributed by atoms with Crippen molar-refractivity contribution in [1.82, 2.24) is 10.2 Å². The Hall–Kier alpha value is -0.820. The maximum Gasteiger partial charge on any atom is 0.490 e. The number of hydrogen-bond donors (Lipinski definition) is 1. The second-order valence-corrected chi connectivity index (χ2v) is 4.49. The van der Waals surface area contributed by atoms with Crippen molar-refractivity contribution in [3.8, 4) is 0 Å². The number of halogens is 3. The van der Waals surface area contributed by atoms with Crippen molar-refractivity contribution in [2.75, 3.05) is 26.2 Å². The summed E-state index contributed by atoms with van der Waals surface area (Å²) in [6.07, 6.45) is -4.77. The topological polar surface area (TPSA) is 41.6 Å². The Labute approximate surface area is 104 Å². The molecule has 0 radical (unpaired) electrons. The largest absolute Gasteiger partial charge is 0.490 e. The molecule has 4 nitrogen and oxygen atoms in total. The van der Waals surface area contributed by atoms with Crippen molar-refractivity contribution < 1.29 is 22.7 Å². The molecule has 1 N–H and O–H groups in total. The molecule has 1 aliphatic heterocycles. The van der Waals surface area contributed by atoms with E-state index in [0.717, 1.165) is 32.6 Å². The lowest BCUT2D eigenvalue weighted by molar-refractivity contribution is -0.206. The predicted molar refractivity (Wildman–Crippen MR) is 60.1 cm³/mol. The van der Waals surface area contributed by atoms with Crippen molar-refractivity contribution in [1.29, 1.82) is 0 Å². The summed E-state index contributed by atoms with van der Waals surface area (Å²) in [5, 5.41) is 3.21. The van der Waals surface area contributed by atoms with E-state index in [0.29, 0.717) is 0 Å². The number of ether oxygens (including phenoxy) is 1. The molecule has 1 saturated heterocycles. The smallest absolute Gasteiger partial charge is 0.454 e. The lowest BCUT2D eigenvalue weighted by atomic mass is 10.1. The standard InChI is InChI=1S/C11H19F3N2O2/c1-8(16-6-3-4-15-5-7-16)9(2)18-10(17)11(12,13)14/h8-9,15H,3-7H2,1-2H3. The van der Waals surface area contributed by atoms with Gasteiger partial charge in [-0.15, -0.1) is 0 Å². The fourth-order valence-corrected chi connectivity index (χ4v) is 1.90.